The summed E-state index contributed by atoms with van der Waals surface area (Å²) in [5.41, 5.74) is 0.723. The third kappa shape index (κ3) is 3.82. The molecule has 0 bridgehead atoms. The first-order valence-corrected chi connectivity index (χ1v) is 7.66. The van der Waals surface area contributed by atoms with Gasteiger partial charge in [0.25, 0.3) is 0 Å². The molecule has 0 radical (unpaired) electrons. The molecular formula is C12H16N2O3S. The summed E-state index contributed by atoms with van der Waals surface area (Å²) in [5, 5.41) is 5.79. The van der Waals surface area contributed by atoms with Crippen LogP contribution in [-0.4, -0.2) is 38.4 Å². The quantitative estimate of drug-likeness (QED) is 0.832. The Hall–Kier alpha value is -1.40. The highest BCUT2D eigenvalue weighted by Gasteiger charge is 2.25. The molecule has 0 aliphatic carbocycles. The summed E-state index contributed by atoms with van der Waals surface area (Å²) < 4.78 is 22.9. The summed E-state index contributed by atoms with van der Waals surface area (Å²) in [4.78, 5) is 11.7. The monoisotopic (exact) mass is 268 g/mol. The molecule has 1 aromatic carbocycles. The van der Waals surface area contributed by atoms with Gasteiger partial charge in [-0.25, -0.2) is 8.42 Å². The molecule has 1 amide bonds. The van der Waals surface area contributed by atoms with Crippen LogP contribution < -0.4 is 10.6 Å². The van der Waals surface area contributed by atoms with E-state index in [0.717, 1.165) is 5.69 Å². The van der Waals surface area contributed by atoms with Crippen molar-refractivity contribution in [2.24, 2.45) is 0 Å². The fourth-order valence-corrected chi connectivity index (χ4v) is 3.40. The third-order valence-electron chi connectivity index (χ3n) is 2.79. The zero-order valence-electron chi connectivity index (χ0n) is 9.93. The highest BCUT2D eigenvalue weighted by Crippen LogP contribution is 2.09. The van der Waals surface area contributed by atoms with Crippen LogP contribution in [0.2, 0.25) is 0 Å². The first-order valence-electron chi connectivity index (χ1n) is 5.84. The second kappa shape index (κ2) is 5.49. The lowest BCUT2D eigenvalue weighted by Crippen LogP contribution is -2.46. The molecule has 1 aliphatic heterocycles. The first kappa shape index (κ1) is 13.0. The number of para-hydroxylation sites is 1. The van der Waals surface area contributed by atoms with Crippen molar-refractivity contribution in [2.45, 2.75) is 12.5 Å². The summed E-state index contributed by atoms with van der Waals surface area (Å²) >= 11 is 0. The maximum atomic E-state index is 11.7. The van der Waals surface area contributed by atoms with Crippen molar-refractivity contribution in [3.8, 4) is 0 Å². The molecule has 2 N–H and O–H groups in total. The molecule has 1 heterocycles. The Kier molecular flexibility index (Phi) is 3.98. The molecule has 0 spiro atoms. The van der Waals surface area contributed by atoms with E-state index in [1.165, 1.54) is 0 Å². The van der Waals surface area contributed by atoms with E-state index in [-0.39, 0.29) is 29.9 Å². The number of hydrogen-bond acceptors (Lipinski definition) is 4. The lowest BCUT2D eigenvalue weighted by atomic mass is 10.2. The molecule has 1 fully saturated rings. The van der Waals surface area contributed by atoms with Crippen molar-refractivity contribution >= 4 is 21.4 Å². The Morgan fingerprint density at radius 1 is 1.33 bits per heavy atom. The number of carbonyl (C=O) groups is 1. The Labute approximate surface area is 107 Å². The van der Waals surface area contributed by atoms with Gasteiger partial charge in [0.15, 0.2) is 9.84 Å². The Morgan fingerprint density at radius 2 is 2.06 bits per heavy atom. The number of anilines is 1. The van der Waals surface area contributed by atoms with Crippen molar-refractivity contribution in [3.05, 3.63) is 30.3 Å². The zero-order chi connectivity index (χ0) is 13.0. The molecule has 1 atom stereocenters. The normalized spacial score (nSPS) is 22.3. The number of sulfone groups is 1. The number of rotatable bonds is 3. The molecule has 1 saturated heterocycles. The predicted octanol–water partition coefficient (Wildman–Crippen LogP) is 0.402. The number of amides is 1. The summed E-state index contributed by atoms with van der Waals surface area (Å²) in [5.74, 6) is 0.0229. The van der Waals surface area contributed by atoms with Gasteiger partial charge < -0.3 is 10.6 Å². The lowest BCUT2D eigenvalue weighted by molar-refractivity contribution is -0.116. The van der Waals surface area contributed by atoms with Gasteiger partial charge >= 0.3 is 0 Å². The van der Waals surface area contributed by atoms with Gasteiger partial charge in [-0.05, 0) is 12.1 Å². The summed E-state index contributed by atoms with van der Waals surface area (Å²) in [6, 6.07) is 8.83. The van der Waals surface area contributed by atoms with Crippen molar-refractivity contribution in [2.75, 3.05) is 23.4 Å². The summed E-state index contributed by atoms with van der Waals surface area (Å²) in [6.45, 7) is 0.422. The van der Waals surface area contributed by atoms with Crippen LogP contribution in [0.1, 0.15) is 6.42 Å². The standard InChI is InChI=1S/C12H16N2O3S/c15-12(14-10-4-2-1-3-5-10)8-11-9-18(16,17)7-6-13-11/h1-5,11,13H,6-9H2,(H,14,15). The number of nitrogens with one attached hydrogen (secondary N) is 2. The fraction of sp³-hybridized carbons (Fsp3) is 0.417. The van der Waals surface area contributed by atoms with Gasteiger partial charge in [-0.1, -0.05) is 18.2 Å². The van der Waals surface area contributed by atoms with Gasteiger partial charge in [0.1, 0.15) is 0 Å². The maximum absolute atomic E-state index is 11.7. The molecule has 98 valence electrons. The second-order valence-corrected chi connectivity index (χ2v) is 6.61. The van der Waals surface area contributed by atoms with Gasteiger partial charge in [-0.15, -0.1) is 0 Å². The molecular weight excluding hydrogens is 252 g/mol. The largest absolute Gasteiger partial charge is 0.326 e. The highest BCUT2D eigenvalue weighted by atomic mass is 32.2. The van der Waals surface area contributed by atoms with Crippen molar-refractivity contribution in [1.29, 1.82) is 0 Å². The van der Waals surface area contributed by atoms with Crippen LogP contribution in [0, 0.1) is 0 Å². The van der Waals surface area contributed by atoms with Crippen LogP contribution in [-0.2, 0) is 14.6 Å². The van der Waals surface area contributed by atoms with Gasteiger partial charge in [0, 0.05) is 24.7 Å². The Bertz CT molecular complexity index is 513. The number of benzene rings is 1. The van der Waals surface area contributed by atoms with Gasteiger partial charge in [-0.2, -0.15) is 0 Å². The van der Waals surface area contributed by atoms with Crippen LogP contribution in [0.5, 0.6) is 0 Å². The van der Waals surface area contributed by atoms with Crippen molar-refractivity contribution < 1.29 is 13.2 Å². The van der Waals surface area contributed by atoms with E-state index < -0.39 is 9.84 Å². The van der Waals surface area contributed by atoms with Crippen LogP contribution in [0.3, 0.4) is 0 Å². The Morgan fingerprint density at radius 3 is 2.72 bits per heavy atom. The average molecular weight is 268 g/mol. The van der Waals surface area contributed by atoms with Crippen LogP contribution in [0.15, 0.2) is 30.3 Å². The fourth-order valence-electron chi connectivity index (χ4n) is 1.96. The molecule has 1 unspecified atom stereocenters. The first-order chi connectivity index (χ1) is 8.55. The van der Waals surface area contributed by atoms with Crippen LogP contribution >= 0.6 is 0 Å². The highest BCUT2D eigenvalue weighted by molar-refractivity contribution is 7.91. The van der Waals surface area contributed by atoms with E-state index >= 15 is 0 Å². The number of hydrogen-bond donors (Lipinski definition) is 2. The molecule has 2 rings (SSSR count). The topological polar surface area (TPSA) is 75.3 Å². The molecule has 5 nitrogen and oxygen atoms in total. The lowest BCUT2D eigenvalue weighted by Gasteiger charge is -2.23. The number of carbonyl (C=O) groups excluding carboxylic acids is 1. The van der Waals surface area contributed by atoms with Crippen molar-refractivity contribution in [3.63, 3.8) is 0 Å². The zero-order valence-corrected chi connectivity index (χ0v) is 10.7. The summed E-state index contributed by atoms with van der Waals surface area (Å²) in [6.07, 6.45) is 0.175. The van der Waals surface area contributed by atoms with E-state index in [9.17, 15) is 13.2 Å². The minimum absolute atomic E-state index is 0.0369. The summed E-state index contributed by atoms with van der Waals surface area (Å²) in [7, 11) is -2.99. The predicted molar refractivity (Wildman–Crippen MR) is 70.1 cm³/mol. The molecule has 1 aromatic rings. The Balaban J connectivity index is 1.88. The maximum Gasteiger partial charge on any atom is 0.225 e. The molecule has 0 aromatic heterocycles. The van der Waals surface area contributed by atoms with E-state index in [1.807, 2.05) is 18.2 Å². The van der Waals surface area contributed by atoms with Crippen LogP contribution in [0.25, 0.3) is 0 Å². The van der Waals surface area contributed by atoms with E-state index in [1.54, 1.807) is 12.1 Å². The smallest absolute Gasteiger partial charge is 0.225 e. The molecule has 18 heavy (non-hydrogen) atoms. The molecule has 0 saturated carbocycles. The minimum Gasteiger partial charge on any atom is -0.326 e. The van der Waals surface area contributed by atoms with Gasteiger partial charge in [0.2, 0.25) is 5.91 Å². The van der Waals surface area contributed by atoms with Gasteiger partial charge in [0.05, 0.1) is 11.5 Å². The van der Waals surface area contributed by atoms with Crippen molar-refractivity contribution in [1.82, 2.24) is 5.32 Å². The minimum atomic E-state index is -2.99. The molecule has 6 heteroatoms. The van der Waals surface area contributed by atoms with Crippen LogP contribution in [0.4, 0.5) is 5.69 Å². The second-order valence-electron chi connectivity index (χ2n) is 4.38. The van der Waals surface area contributed by atoms with E-state index in [0.29, 0.717) is 6.54 Å². The van der Waals surface area contributed by atoms with E-state index in [4.69, 9.17) is 0 Å². The van der Waals surface area contributed by atoms with E-state index in [2.05, 4.69) is 10.6 Å². The average Bonchev–Trinajstić information content (AvgIpc) is 2.28. The van der Waals surface area contributed by atoms with Gasteiger partial charge in [-0.3, -0.25) is 4.79 Å². The SMILES string of the molecule is O=C(CC1CS(=O)(=O)CCN1)Nc1ccccc1. The molecule has 1 aliphatic rings. The third-order valence-corrected chi connectivity index (χ3v) is 4.53.